The minimum atomic E-state index is -1.15. The maximum atomic E-state index is 13.2. The number of aryl methyl sites for hydroxylation is 1. The van der Waals surface area contributed by atoms with Gasteiger partial charge in [-0.2, -0.15) is 0 Å². The van der Waals surface area contributed by atoms with E-state index in [0.29, 0.717) is 10.6 Å². The molecule has 0 unspecified atom stereocenters. The number of nitrogens with one attached hydrogen (secondary N) is 2. The minimum Gasteiger partial charge on any atom is -0.478 e. The zero-order valence-corrected chi connectivity index (χ0v) is 13.4. The number of aromatic carboxylic acids is 1. The molecule has 0 fully saturated rings. The Balaban J connectivity index is 1.95. The van der Waals surface area contributed by atoms with Gasteiger partial charge >= 0.3 is 5.97 Å². The van der Waals surface area contributed by atoms with Crippen molar-refractivity contribution in [1.82, 2.24) is 4.98 Å². The lowest BCUT2D eigenvalue weighted by Gasteiger charge is -2.06. The number of carbonyl (C=O) groups excluding carboxylic acids is 1. The molecule has 0 atom stereocenters. The Morgan fingerprint density at radius 3 is 2.67 bits per heavy atom. The number of benzene rings is 1. The smallest absolute Gasteiger partial charge is 0.339 e. The Hall–Kier alpha value is -2.93. The summed E-state index contributed by atoms with van der Waals surface area (Å²) in [6.07, 6.45) is 0. The molecule has 5 nitrogen and oxygen atoms in total. The van der Waals surface area contributed by atoms with Gasteiger partial charge in [-0.25, -0.2) is 9.18 Å². The number of halogens is 1. The van der Waals surface area contributed by atoms with Gasteiger partial charge < -0.3 is 15.4 Å². The fourth-order valence-electron chi connectivity index (χ4n) is 2.32. The summed E-state index contributed by atoms with van der Waals surface area (Å²) in [6.45, 7) is 1.87. The van der Waals surface area contributed by atoms with E-state index in [0.717, 1.165) is 11.8 Å². The molecule has 0 saturated carbocycles. The van der Waals surface area contributed by atoms with Crippen LogP contribution in [-0.2, 0) is 0 Å². The zero-order valence-electron chi connectivity index (χ0n) is 12.6. The molecule has 24 heavy (non-hydrogen) atoms. The van der Waals surface area contributed by atoms with Crippen LogP contribution in [0.25, 0.3) is 10.6 Å². The molecule has 3 aromatic rings. The Labute approximate surface area is 140 Å². The molecule has 0 saturated heterocycles. The van der Waals surface area contributed by atoms with E-state index in [2.05, 4.69) is 10.3 Å². The summed E-state index contributed by atoms with van der Waals surface area (Å²) in [4.78, 5) is 27.5. The van der Waals surface area contributed by atoms with Gasteiger partial charge in [-0.3, -0.25) is 4.79 Å². The number of rotatable bonds is 4. The average molecular weight is 344 g/mol. The standard InChI is InChI=1S/C17H13FN2O3S/c1-9-5-6-12(19-9)15-14(17(22)23)13(8-24-15)20-16(21)10-3-2-4-11(18)7-10/h2-8,19H,1H3,(H,20,21)(H,22,23). The lowest BCUT2D eigenvalue weighted by Crippen LogP contribution is -2.14. The van der Waals surface area contributed by atoms with Gasteiger partial charge in [0.2, 0.25) is 0 Å². The number of carboxylic acid groups (broad SMARTS) is 1. The monoisotopic (exact) mass is 344 g/mol. The number of carboxylic acids is 1. The predicted molar refractivity (Wildman–Crippen MR) is 90.2 cm³/mol. The lowest BCUT2D eigenvalue weighted by atomic mass is 10.1. The van der Waals surface area contributed by atoms with Gasteiger partial charge in [0.1, 0.15) is 11.4 Å². The average Bonchev–Trinajstić information content (AvgIpc) is 3.13. The molecular formula is C17H13FN2O3S. The topological polar surface area (TPSA) is 82.2 Å². The summed E-state index contributed by atoms with van der Waals surface area (Å²) < 4.78 is 13.2. The number of aromatic nitrogens is 1. The van der Waals surface area contributed by atoms with Crippen molar-refractivity contribution < 1.29 is 19.1 Å². The van der Waals surface area contributed by atoms with E-state index in [9.17, 15) is 19.1 Å². The summed E-state index contributed by atoms with van der Waals surface area (Å²) in [5, 5.41) is 13.6. The van der Waals surface area contributed by atoms with Crippen LogP contribution in [0.15, 0.2) is 41.8 Å². The summed E-state index contributed by atoms with van der Waals surface area (Å²) in [5.41, 5.74) is 1.88. The molecule has 0 radical (unpaired) electrons. The Kier molecular flexibility index (Phi) is 4.18. The highest BCUT2D eigenvalue weighted by Crippen LogP contribution is 2.35. The van der Waals surface area contributed by atoms with Gasteiger partial charge in [-0.05, 0) is 37.3 Å². The van der Waals surface area contributed by atoms with Crippen LogP contribution in [0.5, 0.6) is 0 Å². The van der Waals surface area contributed by atoms with Crippen LogP contribution in [0.3, 0.4) is 0 Å². The van der Waals surface area contributed by atoms with Crippen molar-refractivity contribution >= 4 is 28.9 Å². The Morgan fingerprint density at radius 1 is 1.25 bits per heavy atom. The van der Waals surface area contributed by atoms with E-state index in [1.807, 2.05) is 13.0 Å². The van der Waals surface area contributed by atoms with Crippen LogP contribution in [0.4, 0.5) is 10.1 Å². The minimum absolute atomic E-state index is 0.00611. The van der Waals surface area contributed by atoms with Crippen LogP contribution in [0.2, 0.25) is 0 Å². The van der Waals surface area contributed by atoms with Crippen molar-refractivity contribution in [3.63, 3.8) is 0 Å². The fourth-order valence-corrected chi connectivity index (χ4v) is 3.29. The highest BCUT2D eigenvalue weighted by molar-refractivity contribution is 7.14. The van der Waals surface area contributed by atoms with E-state index in [1.54, 1.807) is 11.4 Å². The third-order valence-electron chi connectivity index (χ3n) is 3.42. The van der Waals surface area contributed by atoms with Gasteiger partial charge in [0.05, 0.1) is 16.3 Å². The molecule has 1 amide bonds. The number of aromatic amines is 1. The lowest BCUT2D eigenvalue weighted by molar-refractivity contribution is 0.0699. The molecule has 2 aromatic heterocycles. The second kappa shape index (κ2) is 6.29. The molecule has 122 valence electrons. The van der Waals surface area contributed by atoms with E-state index in [1.165, 1.54) is 29.5 Å². The highest BCUT2D eigenvalue weighted by atomic mass is 32.1. The molecular weight excluding hydrogens is 331 g/mol. The molecule has 7 heteroatoms. The number of anilines is 1. The van der Waals surface area contributed by atoms with E-state index in [4.69, 9.17) is 0 Å². The largest absolute Gasteiger partial charge is 0.478 e. The number of hydrogen-bond acceptors (Lipinski definition) is 3. The summed E-state index contributed by atoms with van der Waals surface area (Å²) >= 11 is 1.21. The van der Waals surface area contributed by atoms with Gasteiger partial charge in [0.25, 0.3) is 5.91 Å². The predicted octanol–water partition coefficient (Wildman–Crippen LogP) is 4.14. The second-order valence-electron chi connectivity index (χ2n) is 5.18. The number of carbonyl (C=O) groups is 2. The van der Waals surface area contributed by atoms with Gasteiger partial charge in [-0.1, -0.05) is 6.07 Å². The Morgan fingerprint density at radius 2 is 2.04 bits per heavy atom. The molecule has 1 aromatic carbocycles. The van der Waals surface area contributed by atoms with Crippen LogP contribution in [0.1, 0.15) is 26.4 Å². The normalized spacial score (nSPS) is 10.6. The first kappa shape index (κ1) is 15.9. The molecule has 3 N–H and O–H groups in total. The highest BCUT2D eigenvalue weighted by Gasteiger charge is 2.22. The van der Waals surface area contributed by atoms with Crippen LogP contribution in [-0.4, -0.2) is 22.0 Å². The maximum absolute atomic E-state index is 13.2. The Bertz CT molecular complexity index is 930. The summed E-state index contributed by atoms with van der Waals surface area (Å²) in [7, 11) is 0. The van der Waals surface area contributed by atoms with Crippen LogP contribution in [0, 0.1) is 12.7 Å². The summed E-state index contributed by atoms with van der Waals surface area (Å²) in [6, 6.07) is 8.83. The quantitative estimate of drug-likeness (QED) is 0.665. The van der Waals surface area contributed by atoms with Crippen molar-refractivity contribution in [3.05, 3.63) is 64.4 Å². The zero-order chi connectivity index (χ0) is 17.3. The number of H-pyrrole nitrogens is 1. The van der Waals surface area contributed by atoms with Gasteiger partial charge in [0.15, 0.2) is 0 Å². The molecule has 3 rings (SSSR count). The molecule has 0 aliphatic rings. The SMILES string of the molecule is Cc1ccc(-c2scc(NC(=O)c3cccc(F)c3)c2C(=O)O)[nH]1. The maximum Gasteiger partial charge on any atom is 0.339 e. The molecule has 2 heterocycles. The fraction of sp³-hybridized carbons (Fsp3) is 0.0588. The first-order valence-corrected chi connectivity index (χ1v) is 7.91. The third kappa shape index (κ3) is 3.07. The number of amides is 1. The third-order valence-corrected chi connectivity index (χ3v) is 4.43. The van der Waals surface area contributed by atoms with Crippen LogP contribution >= 0.6 is 11.3 Å². The first-order valence-electron chi connectivity index (χ1n) is 7.03. The molecule has 0 bridgehead atoms. The van der Waals surface area contributed by atoms with E-state index >= 15 is 0 Å². The molecule has 0 aliphatic heterocycles. The number of hydrogen-bond donors (Lipinski definition) is 3. The second-order valence-corrected chi connectivity index (χ2v) is 6.06. The molecule has 0 aliphatic carbocycles. The summed E-state index contributed by atoms with van der Waals surface area (Å²) in [5.74, 6) is -2.24. The number of thiophene rings is 1. The van der Waals surface area contributed by atoms with Gasteiger partial charge in [-0.15, -0.1) is 11.3 Å². The van der Waals surface area contributed by atoms with Crippen LogP contribution < -0.4 is 5.32 Å². The first-order chi connectivity index (χ1) is 11.5. The van der Waals surface area contributed by atoms with Crippen molar-refractivity contribution in [1.29, 1.82) is 0 Å². The van der Waals surface area contributed by atoms with E-state index < -0.39 is 17.7 Å². The van der Waals surface area contributed by atoms with Crippen molar-refractivity contribution in [2.75, 3.05) is 5.32 Å². The van der Waals surface area contributed by atoms with Gasteiger partial charge in [0, 0.05) is 16.6 Å². The van der Waals surface area contributed by atoms with Crippen molar-refractivity contribution in [2.24, 2.45) is 0 Å². The van der Waals surface area contributed by atoms with Crippen molar-refractivity contribution in [3.8, 4) is 10.6 Å². The van der Waals surface area contributed by atoms with Crippen molar-refractivity contribution in [2.45, 2.75) is 6.92 Å². The van der Waals surface area contributed by atoms with E-state index in [-0.39, 0.29) is 16.8 Å². The molecule has 0 spiro atoms.